The number of benzene rings is 1. The van der Waals surface area contributed by atoms with Crippen molar-refractivity contribution in [2.75, 3.05) is 14.2 Å². The third-order valence-corrected chi connectivity index (χ3v) is 2.42. The summed E-state index contributed by atoms with van der Waals surface area (Å²) >= 11 is 0. The number of ether oxygens (including phenoxy) is 2. The van der Waals surface area contributed by atoms with Crippen LogP contribution in [0, 0.1) is 0 Å². The molecule has 1 atom stereocenters. The van der Waals surface area contributed by atoms with Crippen LogP contribution in [0.2, 0.25) is 0 Å². The van der Waals surface area contributed by atoms with Crippen LogP contribution in [-0.4, -0.2) is 14.2 Å². The molecule has 1 aromatic carbocycles. The number of hydrazine groups is 1. The highest BCUT2D eigenvalue weighted by molar-refractivity contribution is 5.47. The molecule has 0 spiro atoms. The molecule has 0 aromatic heterocycles. The summed E-state index contributed by atoms with van der Waals surface area (Å²) < 4.78 is 10.6. The number of methoxy groups -OCH3 is 2. The highest BCUT2D eigenvalue weighted by Gasteiger charge is 2.18. The summed E-state index contributed by atoms with van der Waals surface area (Å²) in [5.41, 5.74) is 3.65. The fraction of sp³-hybridized carbons (Fsp3) is 0.333. The van der Waals surface area contributed by atoms with Crippen molar-refractivity contribution in [1.29, 1.82) is 0 Å². The van der Waals surface area contributed by atoms with Crippen molar-refractivity contribution in [3.63, 3.8) is 0 Å². The fourth-order valence-electron chi connectivity index (χ4n) is 1.66. The normalized spacial score (nSPS) is 11.9. The van der Waals surface area contributed by atoms with E-state index in [4.69, 9.17) is 15.3 Å². The van der Waals surface area contributed by atoms with Crippen molar-refractivity contribution in [3.8, 4) is 11.5 Å². The lowest BCUT2D eigenvalue weighted by atomic mass is 10.0. The lowest BCUT2D eigenvalue weighted by molar-refractivity contribution is 0.371. The van der Waals surface area contributed by atoms with E-state index in [-0.39, 0.29) is 6.04 Å². The maximum atomic E-state index is 5.53. The topological polar surface area (TPSA) is 56.5 Å². The van der Waals surface area contributed by atoms with Gasteiger partial charge in [0.05, 0.1) is 25.8 Å². The van der Waals surface area contributed by atoms with Gasteiger partial charge in [-0.05, 0) is 18.6 Å². The first-order chi connectivity index (χ1) is 7.78. The molecular formula is C12H18N2O2. The first-order valence-electron chi connectivity index (χ1n) is 5.06. The van der Waals surface area contributed by atoms with E-state index in [1.165, 1.54) is 0 Å². The van der Waals surface area contributed by atoms with E-state index in [2.05, 4.69) is 12.0 Å². The van der Waals surface area contributed by atoms with Crippen LogP contribution in [0.3, 0.4) is 0 Å². The van der Waals surface area contributed by atoms with Gasteiger partial charge in [-0.15, -0.1) is 6.58 Å². The maximum Gasteiger partial charge on any atom is 0.127 e. The lowest BCUT2D eigenvalue weighted by Crippen LogP contribution is -2.28. The van der Waals surface area contributed by atoms with Gasteiger partial charge in [0.1, 0.15) is 11.5 Å². The Balaban J connectivity index is 3.19. The Morgan fingerprint density at radius 1 is 1.38 bits per heavy atom. The second-order valence-electron chi connectivity index (χ2n) is 3.32. The van der Waals surface area contributed by atoms with Crippen LogP contribution in [-0.2, 0) is 0 Å². The predicted molar refractivity (Wildman–Crippen MR) is 64.4 cm³/mol. The van der Waals surface area contributed by atoms with E-state index < -0.39 is 0 Å². The predicted octanol–water partition coefficient (Wildman–Crippen LogP) is 1.78. The first-order valence-corrected chi connectivity index (χ1v) is 5.06. The summed E-state index contributed by atoms with van der Waals surface area (Å²) in [6.45, 7) is 3.71. The number of nitrogens with one attached hydrogen (secondary N) is 1. The van der Waals surface area contributed by atoms with Crippen molar-refractivity contribution in [1.82, 2.24) is 5.43 Å². The van der Waals surface area contributed by atoms with Gasteiger partial charge >= 0.3 is 0 Å². The first kappa shape index (κ1) is 12.5. The van der Waals surface area contributed by atoms with E-state index in [0.29, 0.717) is 6.42 Å². The van der Waals surface area contributed by atoms with Crippen LogP contribution in [0.25, 0.3) is 0 Å². The van der Waals surface area contributed by atoms with Crippen LogP contribution in [0.4, 0.5) is 0 Å². The Morgan fingerprint density at radius 3 is 2.31 bits per heavy atom. The van der Waals surface area contributed by atoms with Gasteiger partial charge in [0, 0.05) is 0 Å². The summed E-state index contributed by atoms with van der Waals surface area (Å²) in [4.78, 5) is 0. The molecule has 0 aliphatic heterocycles. The molecule has 88 valence electrons. The quantitative estimate of drug-likeness (QED) is 0.437. The van der Waals surface area contributed by atoms with Crippen molar-refractivity contribution < 1.29 is 9.47 Å². The minimum Gasteiger partial charge on any atom is -0.496 e. The third-order valence-electron chi connectivity index (χ3n) is 2.42. The molecule has 0 aliphatic carbocycles. The molecule has 16 heavy (non-hydrogen) atoms. The highest BCUT2D eigenvalue weighted by Crippen LogP contribution is 2.35. The Morgan fingerprint density at radius 2 is 1.94 bits per heavy atom. The zero-order valence-electron chi connectivity index (χ0n) is 9.69. The fourth-order valence-corrected chi connectivity index (χ4v) is 1.66. The lowest BCUT2D eigenvalue weighted by Gasteiger charge is -2.20. The average molecular weight is 222 g/mol. The number of rotatable bonds is 6. The summed E-state index contributed by atoms with van der Waals surface area (Å²) in [5, 5.41) is 0. The number of hydrogen-bond donors (Lipinski definition) is 2. The zero-order valence-corrected chi connectivity index (χ0v) is 9.69. The van der Waals surface area contributed by atoms with Gasteiger partial charge in [0.2, 0.25) is 0 Å². The van der Waals surface area contributed by atoms with E-state index in [0.717, 1.165) is 17.1 Å². The molecule has 0 amide bonds. The molecule has 4 heteroatoms. The second kappa shape index (κ2) is 6.15. The summed E-state index contributed by atoms with van der Waals surface area (Å²) in [6, 6.07) is 5.57. The van der Waals surface area contributed by atoms with E-state index in [9.17, 15) is 0 Å². The molecule has 0 saturated carbocycles. The molecule has 4 nitrogen and oxygen atoms in total. The minimum absolute atomic E-state index is 0.0661. The Labute approximate surface area is 96.0 Å². The SMILES string of the molecule is C=CCC(NN)c1c(OC)cccc1OC. The van der Waals surface area contributed by atoms with E-state index >= 15 is 0 Å². The third kappa shape index (κ3) is 2.53. The van der Waals surface area contributed by atoms with Crippen LogP contribution in [0.1, 0.15) is 18.0 Å². The summed E-state index contributed by atoms with van der Waals surface area (Å²) in [5.74, 6) is 7.04. The molecule has 3 N–H and O–H groups in total. The molecule has 0 aliphatic rings. The van der Waals surface area contributed by atoms with Gasteiger partial charge in [0.15, 0.2) is 0 Å². The van der Waals surface area contributed by atoms with Crippen molar-refractivity contribution >= 4 is 0 Å². The van der Waals surface area contributed by atoms with Crippen LogP contribution >= 0.6 is 0 Å². The van der Waals surface area contributed by atoms with E-state index in [1.807, 2.05) is 18.2 Å². The van der Waals surface area contributed by atoms with Gasteiger partial charge in [-0.2, -0.15) is 0 Å². The maximum absolute atomic E-state index is 5.53. The minimum atomic E-state index is -0.0661. The van der Waals surface area contributed by atoms with Gasteiger partial charge in [0.25, 0.3) is 0 Å². The molecule has 1 rings (SSSR count). The Hall–Kier alpha value is -1.52. The summed E-state index contributed by atoms with van der Waals surface area (Å²) in [6.07, 6.45) is 2.50. The molecular weight excluding hydrogens is 204 g/mol. The molecule has 1 aromatic rings. The highest BCUT2D eigenvalue weighted by atomic mass is 16.5. The van der Waals surface area contributed by atoms with E-state index in [1.54, 1.807) is 20.3 Å². The second-order valence-corrected chi connectivity index (χ2v) is 3.32. The molecule has 0 fully saturated rings. The zero-order chi connectivity index (χ0) is 12.0. The van der Waals surface area contributed by atoms with Gasteiger partial charge in [-0.1, -0.05) is 12.1 Å². The molecule has 0 bridgehead atoms. The average Bonchev–Trinajstić information content (AvgIpc) is 2.35. The van der Waals surface area contributed by atoms with Gasteiger partial charge < -0.3 is 9.47 Å². The number of hydrogen-bond acceptors (Lipinski definition) is 4. The largest absolute Gasteiger partial charge is 0.496 e. The van der Waals surface area contributed by atoms with Gasteiger partial charge in [-0.25, -0.2) is 0 Å². The molecule has 1 unspecified atom stereocenters. The van der Waals surface area contributed by atoms with Crippen LogP contribution < -0.4 is 20.7 Å². The monoisotopic (exact) mass is 222 g/mol. The smallest absolute Gasteiger partial charge is 0.127 e. The van der Waals surface area contributed by atoms with Crippen LogP contribution in [0.15, 0.2) is 30.9 Å². The Bertz CT molecular complexity index is 331. The van der Waals surface area contributed by atoms with Crippen molar-refractivity contribution in [3.05, 3.63) is 36.4 Å². The van der Waals surface area contributed by atoms with Crippen molar-refractivity contribution in [2.45, 2.75) is 12.5 Å². The number of nitrogens with two attached hydrogens (primary N) is 1. The van der Waals surface area contributed by atoms with Crippen molar-refractivity contribution in [2.24, 2.45) is 5.84 Å². The standard InChI is InChI=1S/C12H18N2O2/c1-4-6-9(14-13)12-10(15-2)7-5-8-11(12)16-3/h4-5,7-9,14H,1,6,13H2,2-3H3. The molecule has 0 heterocycles. The Kier molecular flexibility index (Phi) is 4.82. The molecule has 0 radical (unpaired) electrons. The summed E-state index contributed by atoms with van der Waals surface area (Å²) in [7, 11) is 3.25. The van der Waals surface area contributed by atoms with Crippen LogP contribution in [0.5, 0.6) is 11.5 Å². The molecule has 0 saturated heterocycles. The van der Waals surface area contributed by atoms with Gasteiger partial charge in [-0.3, -0.25) is 11.3 Å².